The van der Waals surface area contributed by atoms with Crippen LogP contribution in [0, 0.1) is 17.8 Å². The summed E-state index contributed by atoms with van der Waals surface area (Å²) in [7, 11) is 0. The van der Waals surface area contributed by atoms with Gasteiger partial charge in [-0.15, -0.1) is 0 Å². The molecule has 0 saturated heterocycles. The van der Waals surface area contributed by atoms with Crippen molar-refractivity contribution < 1.29 is 14.4 Å². The Balaban J connectivity index is 2.02. The van der Waals surface area contributed by atoms with Crippen molar-refractivity contribution >= 4 is 17.7 Å². The van der Waals surface area contributed by atoms with Crippen molar-refractivity contribution in [1.82, 2.24) is 15.5 Å². The van der Waals surface area contributed by atoms with Crippen LogP contribution >= 0.6 is 0 Å². The molecule has 0 unspecified atom stereocenters. The molecule has 1 aliphatic rings. The van der Waals surface area contributed by atoms with Gasteiger partial charge in [0.15, 0.2) is 0 Å². The highest BCUT2D eigenvalue weighted by atomic mass is 16.2. The fourth-order valence-electron chi connectivity index (χ4n) is 5.42. The topological polar surface area (TPSA) is 105 Å². The minimum atomic E-state index is -0.355. The smallest absolute Gasteiger partial charge is 0.253 e. The van der Waals surface area contributed by atoms with Crippen LogP contribution in [0.3, 0.4) is 0 Å². The van der Waals surface area contributed by atoms with Gasteiger partial charge in [0.25, 0.3) is 11.8 Å². The van der Waals surface area contributed by atoms with Crippen molar-refractivity contribution in [1.29, 1.82) is 0 Å². The van der Waals surface area contributed by atoms with Crippen molar-refractivity contribution in [2.24, 2.45) is 23.5 Å². The molecule has 0 bridgehead atoms. The first kappa shape index (κ1) is 31.8. The molecule has 0 aliphatic heterocycles. The molecule has 4 N–H and O–H groups in total. The summed E-state index contributed by atoms with van der Waals surface area (Å²) >= 11 is 0. The van der Waals surface area contributed by atoms with E-state index >= 15 is 0 Å². The molecule has 1 aromatic carbocycles. The summed E-state index contributed by atoms with van der Waals surface area (Å²) in [6.07, 6.45) is 9.18. The first-order valence-corrected chi connectivity index (χ1v) is 14.9. The second-order valence-electron chi connectivity index (χ2n) is 11.6. The monoisotopic (exact) mass is 528 g/mol. The van der Waals surface area contributed by atoms with E-state index < -0.39 is 0 Å². The molecule has 0 spiro atoms. The zero-order chi connectivity index (χ0) is 28.1. The average molecular weight is 529 g/mol. The number of nitrogens with zero attached hydrogens (tertiary/aromatic N) is 1. The van der Waals surface area contributed by atoms with Crippen LogP contribution in [0.2, 0.25) is 0 Å². The average Bonchev–Trinajstić information content (AvgIpc) is 2.91. The molecule has 0 radical (unpaired) electrons. The molecule has 1 aromatic rings. The third-order valence-electron chi connectivity index (χ3n) is 7.57. The number of rotatable bonds is 15. The Morgan fingerprint density at radius 2 is 1.61 bits per heavy atom. The number of carbonyl (C=O) groups excluding carboxylic acids is 3. The van der Waals surface area contributed by atoms with Crippen molar-refractivity contribution in [3.8, 4) is 0 Å². The van der Waals surface area contributed by atoms with Crippen molar-refractivity contribution in [3.63, 3.8) is 0 Å². The van der Waals surface area contributed by atoms with Crippen molar-refractivity contribution in [2.45, 2.75) is 104 Å². The zero-order valence-electron chi connectivity index (χ0n) is 24.4. The minimum Gasteiger partial charge on any atom is -0.356 e. The molecular formula is C31H52N4O3. The van der Waals surface area contributed by atoms with Crippen LogP contribution in [0.1, 0.15) is 113 Å². The van der Waals surface area contributed by atoms with Gasteiger partial charge in [-0.25, -0.2) is 0 Å². The van der Waals surface area contributed by atoms with Crippen LogP contribution in [-0.2, 0) is 4.79 Å². The molecule has 3 amide bonds. The molecular weight excluding hydrogens is 476 g/mol. The summed E-state index contributed by atoms with van der Waals surface area (Å²) in [5, 5.41) is 6.25. The molecule has 3 atom stereocenters. The number of amides is 3. The van der Waals surface area contributed by atoms with Crippen LogP contribution in [0.25, 0.3) is 0 Å². The minimum absolute atomic E-state index is 0.0376. The summed E-state index contributed by atoms with van der Waals surface area (Å²) in [5.41, 5.74) is 7.57. The fourth-order valence-corrected chi connectivity index (χ4v) is 5.42. The lowest BCUT2D eigenvalue weighted by Crippen LogP contribution is -2.50. The van der Waals surface area contributed by atoms with E-state index in [2.05, 4.69) is 38.3 Å². The van der Waals surface area contributed by atoms with E-state index in [1.54, 1.807) is 24.3 Å². The second kappa shape index (κ2) is 16.5. The SMILES string of the molecule is CCCN(CCC)C(=O)c1cccc(C(=O)N[C@@H](CC(C)C)[C@@H](N)C[C@@H](C)C(=O)NCC2CCCCC2)c1. The normalized spacial score (nSPS) is 16.5. The summed E-state index contributed by atoms with van der Waals surface area (Å²) < 4.78 is 0. The Morgan fingerprint density at radius 1 is 0.974 bits per heavy atom. The summed E-state index contributed by atoms with van der Waals surface area (Å²) in [5.74, 6) is 0.422. The van der Waals surface area contributed by atoms with E-state index in [4.69, 9.17) is 5.73 Å². The van der Waals surface area contributed by atoms with E-state index in [0.717, 1.165) is 19.4 Å². The molecule has 1 saturated carbocycles. The van der Waals surface area contributed by atoms with Gasteiger partial charge in [0.2, 0.25) is 5.91 Å². The molecule has 214 valence electrons. The van der Waals surface area contributed by atoms with Gasteiger partial charge in [0, 0.05) is 48.8 Å². The summed E-state index contributed by atoms with van der Waals surface area (Å²) in [6.45, 7) is 12.4. The maximum Gasteiger partial charge on any atom is 0.253 e. The third kappa shape index (κ3) is 10.4. The first-order valence-electron chi connectivity index (χ1n) is 14.9. The lowest BCUT2D eigenvalue weighted by atomic mass is 9.88. The largest absolute Gasteiger partial charge is 0.356 e. The second-order valence-corrected chi connectivity index (χ2v) is 11.6. The highest BCUT2D eigenvalue weighted by Gasteiger charge is 2.27. The lowest BCUT2D eigenvalue weighted by molar-refractivity contribution is -0.125. The van der Waals surface area contributed by atoms with Crippen molar-refractivity contribution in [3.05, 3.63) is 35.4 Å². The maximum absolute atomic E-state index is 13.3. The third-order valence-corrected chi connectivity index (χ3v) is 7.57. The molecule has 1 fully saturated rings. The molecule has 7 nitrogen and oxygen atoms in total. The predicted octanol–water partition coefficient (Wildman–Crippen LogP) is 5.14. The van der Waals surface area contributed by atoms with E-state index in [9.17, 15) is 14.4 Å². The number of nitrogens with one attached hydrogen (secondary N) is 2. The van der Waals surface area contributed by atoms with Gasteiger partial charge in [-0.1, -0.05) is 59.9 Å². The van der Waals surface area contributed by atoms with Gasteiger partial charge in [-0.05, 0) is 68.6 Å². The zero-order valence-corrected chi connectivity index (χ0v) is 24.4. The first-order chi connectivity index (χ1) is 18.2. The maximum atomic E-state index is 13.3. The molecule has 0 heterocycles. The van der Waals surface area contributed by atoms with Gasteiger partial charge in [0.05, 0.1) is 0 Å². The number of nitrogens with two attached hydrogens (primary N) is 1. The van der Waals surface area contributed by atoms with Crippen LogP contribution in [0.15, 0.2) is 24.3 Å². The van der Waals surface area contributed by atoms with Gasteiger partial charge in [-0.2, -0.15) is 0 Å². The van der Waals surface area contributed by atoms with Gasteiger partial charge in [0.1, 0.15) is 0 Å². The van der Waals surface area contributed by atoms with Gasteiger partial charge in [-0.3, -0.25) is 14.4 Å². The number of hydrogen-bond donors (Lipinski definition) is 3. The van der Waals surface area contributed by atoms with Crippen molar-refractivity contribution in [2.75, 3.05) is 19.6 Å². The van der Waals surface area contributed by atoms with E-state index in [-0.39, 0.29) is 35.7 Å². The Bertz CT molecular complexity index is 876. The predicted molar refractivity (Wildman–Crippen MR) is 155 cm³/mol. The van der Waals surface area contributed by atoms with E-state index in [1.165, 1.54) is 32.1 Å². The Hall–Kier alpha value is -2.41. The fraction of sp³-hybridized carbons (Fsp3) is 0.710. The van der Waals surface area contributed by atoms with Crippen LogP contribution in [0.4, 0.5) is 0 Å². The highest BCUT2D eigenvalue weighted by Crippen LogP contribution is 2.23. The quantitative estimate of drug-likeness (QED) is 0.293. The molecule has 2 rings (SSSR count). The van der Waals surface area contributed by atoms with Gasteiger partial charge >= 0.3 is 0 Å². The van der Waals surface area contributed by atoms with Crippen LogP contribution in [0.5, 0.6) is 0 Å². The lowest BCUT2D eigenvalue weighted by Gasteiger charge is -2.29. The molecule has 38 heavy (non-hydrogen) atoms. The number of benzene rings is 1. The Labute approximate surface area is 230 Å². The Kier molecular flexibility index (Phi) is 13.8. The molecule has 1 aliphatic carbocycles. The highest BCUT2D eigenvalue weighted by molar-refractivity contribution is 5.99. The molecule has 0 aromatic heterocycles. The van der Waals surface area contributed by atoms with Crippen LogP contribution < -0.4 is 16.4 Å². The standard InChI is InChI=1S/C31H52N4O3/c1-6-16-35(17-7-2)31(38)26-15-11-14-25(20-26)30(37)34-28(18-22(3)4)27(32)19-23(5)29(36)33-21-24-12-9-8-10-13-24/h11,14-15,20,22-24,27-28H,6-10,12-13,16-19,21,32H2,1-5H3,(H,33,36)(H,34,37)/t23-,27+,28+/m1/s1. The van der Waals surface area contributed by atoms with E-state index in [0.29, 0.717) is 48.9 Å². The van der Waals surface area contributed by atoms with Gasteiger partial charge < -0.3 is 21.3 Å². The summed E-state index contributed by atoms with van der Waals surface area (Å²) in [6, 6.07) is 6.31. The molecule has 7 heteroatoms. The number of hydrogen-bond acceptors (Lipinski definition) is 4. The van der Waals surface area contributed by atoms with Crippen LogP contribution in [-0.4, -0.2) is 54.3 Å². The Morgan fingerprint density at radius 3 is 2.21 bits per heavy atom. The summed E-state index contributed by atoms with van der Waals surface area (Å²) in [4.78, 5) is 40.9. The van der Waals surface area contributed by atoms with E-state index in [1.807, 2.05) is 11.8 Å². The number of carbonyl (C=O) groups is 3.